The van der Waals surface area contributed by atoms with Crippen LogP contribution >= 0.6 is 0 Å². The van der Waals surface area contributed by atoms with Crippen molar-refractivity contribution < 1.29 is 18.7 Å². The largest absolute Gasteiger partial charge is 0.465 e. The minimum absolute atomic E-state index is 0.150. The number of nitrogens with zero attached hydrogens (tertiary/aromatic N) is 1. The maximum Gasteiger partial charge on any atom is 0.339 e. The van der Waals surface area contributed by atoms with Gasteiger partial charge in [0.25, 0.3) is 5.91 Å². The molecular formula is C13H12N2O4. The van der Waals surface area contributed by atoms with Crippen LogP contribution in [0.3, 0.4) is 0 Å². The fourth-order valence-electron chi connectivity index (χ4n) is 1.53. The number of benzene rings is 1. The number of anilines is 1. The Hall–Kier alpha value is -2.63. The van der Waals surface area contributed by atoms with E-state index < -0.39 is 11.9 Å². The summed E-state index contributed by atoms with van der Waals surface area (Å²) >= 11 is 0. The molecule has 0 bridgehead atoms. The summed E-state index contributed by atoms with van der Waals surface area (Å²) in [6.07, 6.45) is 1.26. The van der Waals surface area contributed by atoms with Crippen LogP contribution in [0, 0.1) is 6.92 Å². The highest BCUT2D eigenvalue weighted by atomic mass is 16.5. The molecule has 6 heteroatoms. The Morgan fingerprint density at radius 1 is 1.32 bits per heavy atom. The molecule has 1 heterocycles. The van der Waals surface area contributed by atoms with Crippen molar-refractivity contribution in [3.05, 3.63) is 47.7 Å². The Morgan fingerprint density at radius 3 is 2.68 bits per heavy atom. The lowest BCUT2D eigenvalue weighted by molar-refractivity contribution is 0.0602. The predicted octanol–water partition coefficient (Wildman–Crippen LogP) is 2.02. The Kier molecular flexibility index (Phi) is 3.61. The summed E-state index contributed by atoms with van der Waals surface area (Å²) in [6.45, 7) is 1.64. The fourth-order valence-corrected chi connectivity index (χ4v) is 1.53. The lowest BCUT2D eigenvalue weighted by Gasteiger charge is -2.07. The average molecular weight is 260 g/mol. The lowest BCUT2D eigenvalue weighted by Crippen LogP contribution is -2.15. The third kappa shape index (κ3) is 2.79. The molecule has 1 aromatic heterocycles. The van der Waals surface area contributed by atoms with E-state index in [2.05, 4.69) is 15.0 Å². The van der Waals surface area contributed by atoms with Crippen LogP contribution in [0.2, 0.25) is 0 Å². The van der Waals surface area contributed by atoms with Gasteiger partial charge in [-0.3, -0.25) is 4.79 Å². The van der Waals surface area contributed by atoms with Crippen LogP contribution in [0.4, 0.5) is 5.69 Å². The predicted molar refractivity (Wildman–Crippen MR) is 67.0 cm³/mol. The van der Waals surface area contributed by atoms with E-state index in [4.69, 9.17) is 4.42 Å². The Labute approximate surface area is 109 Å². The molecule has 0 atom stereocenters. The van der Waals surface area contributed by atoms with Crippen LogP contribution in [-0.4, -0.2) is 24.0 Å². The van der Waals surface area contributed by atoms with Gasteiger partial charge in [-0.05, 0) is 12.1 Å². The second-order valence-electron chi connectivity index (χ2n) is 3.74. The van der Waals surface area contributed by atoms with Crippen molar-refractivity contribution in [3.8, 4) is 0 Å². The van der Waals surface area contributed by atoms with Crippen LogP contribution in [0.15, 0.2) is 34.9 Å². The first-order valence-electron chi connectivity index (χ1n) is 5.52. The van der Waals surface area contributed by atoms with Gasteiger partial charge in [0.2, 0.25) is 0 Å². The van der Waals surface area contributed by atoms with Gasteiger partial charge in [0.1, 0.15) is 6.26 Å². The molecule has 1 amide bonds. The highest BCUT2D eigenvalue weighted by Crippen LogP contribution is 2.17. The summed E-state index contributed by atoms with van der Waals surface area (Å²) in [5.74, 6) is -0.577. The summed E-state index contributed by atoms with van der Waals surface area (Å²) in [4.78, 5) is 27.4. The number of oxazole rings is 1. The van der Waals surface area contributed by atoms with E-state index in [0.717, 1.165) is 0 Å². The number of carbonyl (C=O) groups excluding carboxylic acids is 2. The fraction of sp³-hybridized carbons (Fsp3) is 0.154. The summed E-state index contributed by atoms with van der Waals surface area (Å²) in [5.41, 5.74) is 0.788. The maximum atomic E-state index is 11.9. The highest BCUT2D eigenvalue weighted by Gasteiger charge is 2.16. The molecule has 0 aliphatic rings. The van der Waals surface area contributed by atoms with Crippen molar-refractivity contribution in [3.63, 3.8) is 0 Å². The second-order valence-corrected chi connectivity index (χ2v) is 3.74. The molecule has 2 rings (SSSR count). The zero-order valence-electron chi connectivity index (χ0n) is 10.5. The number of carbonyl (C=O) groups is 2. The molecule has 0 aliphatic heterocycles. The van der Waals surface area contributed by atoms with E-state index >= 15 is 0 Å². The van der Waals surface area contributed by atoms with Gasteiger partial charge < -0.3 is 14.5 Å². The number of hydrogen-bond acceptors (Lipinski definition) is 5. The number of rotatable bonds is 3. The van der Waals surface area contributed by atoms with Crippen molar-refractivity contribution in [2.24, 2.45) is 0 Å². The maximum absolute atomic E-state index is 11.9. The molecule has 6 nitrogen and oxygen atoms in total. The third-order valence-corrected chi connectivity index (χ3v) is 2.43. The number of esters is 1. The standard InChI is InChI=1S/C13H12N2O4/c1-8-14-11(7-19-8)12(16)15-10-6-4-3-5-9(10)13(17)18-2/h3-7H,1-2H3,(H,15,16). The molecule has 0 unspecified atom stereocenters. The van der Waals surface area contributed by atoms with Crippen molar-refractivity contribution in [2.45, 2.75) is 6.92 Å². The lowest BCUT2D eigenvalue weighted by atomic mass is 10.2. The number of nitrogens with one attached hydrogen (secondary N) is 1. The number of methoxy groups -OCH3 is 1. The van der Waals surface area contributed by atoms with Gasteiger partial charge in [0.15, 0.2) is 11.6 Å². The van der Waals surface area contributed by atoms with Crippen molar-refractivity contribution in [1.82, 2.24) is 4.98 Å². The number of amides is 1. The molecular weight excluding hydrogens is 248 g/mol. The van der Waals surface area contributed by atoms with Gasteiger partial charge in [-0.15, -0.1) is 0 Å². The highest BCUT2D eigenvalue weighted by molar-refractivity contribution is 6.06. The number of hydrogen-bond donors (Lipinski definition) is 1. The van der Waals surface area contributed by atoms with E-state index in [1.807, 2.05) is 0 Å². The van der Waals surface area contributed by atoms with Crippen LogP contribution in [-0.2, 0) is 4.74 Å². The van der Waals surface area contributed by atoms with E-state index in [1.165, 1.54) is 13.4 Å². The Morgan fingerprint density at radius 2 is 2.05 bits per heavy atom. The molecule has 0 fully saturated rings. The number of aryl methyl sites for hydroxylation is 1. The molecule has 0 saturated carbocycles. The van der Waals surface area contributed by atoms with Gasteiger partial charge in [-0.25, -0.2) is 9.78 Å². The summed E-state index contributed by atoms with van der Waals surface area (Å²) in [6, 6.07) is 6.56. The topological polar surface area (TPSA) is 81.4 Å². The van der Waals surface area contributed by atoms with Crippen LogP contribution in [0.1, 0.15) is 26.7 Å². The van der Waals surface area contributed by atoms with Crippen LogP contribution in [0.25, 0.3) is 0 Å². The minimum atomic E-state index is -0.521. The minimum Gasteiger partial charge on any atom is -0.465 e. The van der Waals surface area contributed by atoms with Gasteiger partial charge in [0, 0.05) is 6.92 Å². The van der Waals surface area contributed by atoms with Gasteiger partial charge >= 0.3 is 5.97 Å². The molecule has 2 aromatic rings. The van der Waals surface area contributed by atoms with E-state index in [1.54, 1.807) is 31.2 Å². The van der Waals surface area contributed by atoms with Gasteiger partial charge in [-0.2, -0.15) is 0 Å². The molecule has 1 N–H and O–H groups in total. The van der Waals surface area contributed by atoms with Gasteiger partial charge in [0.05, 0.1) is 18.4 Å². The number of ether oxygens (including phenoxy) is 1. The molecule has 0 saturated heterocycles. The third-order valence-electron chi connectivity index (χ3n) is 2.43. The zero-order valence-corrected chi connectivity index (χ0v) is 10.5. The van der Waals surface area contributed by atoms with Crippen molar-refractivity contribution in [1.29, 1.82) is 0 Å². The smallest absolute Gasteiger partial charge is 0.339 e. The van der Waals surface area contributed by atoms with E-state index in [9.17, 15) is 9.59 Å². The number of aromatic nitrogens is 1. The van der Waals surface area contributed by atoms with Gasteiger partial charge in [-0.1, -0.05) is 12.1 Å². The summed E-state index contributed by atoms with van der Waals surface area (Å²) in [7, 11) is 1.28. The quantitative estimate of drug-likeness (QED) is 0.854. The van der Waals surface area contributed by atoms with Crippen molar-refractivity contribution >= 4 is 17.6 Å². The van der Waals surface area contributed by atoms with Crippen LogP contribution < -0.4 is 5.32 Å². The molecule has 0 aliphatic carbocycles. The summed E-state index contributed by atoms with van der Waals surface area (Å²) in [5, 5.41) is 2.59. The first kappa shape index (κ1) is 12.8. The number of para-hydroxylation sites is 1. The average Bonchev–Trinajstić information content (AvgIpc) is 2.85. The second kappa shape index (κ2) is 5.34. The molecule has 1 aromatic carbocycles. The molecule has 19 heavy (non-hydrogen) atoms. The normalized spacial score (nSPS) is 10.0. The molecule has 0 spiro atoms. The van der Waals surface area contributed by atoms with E-state index in [-0.39, 0.29) is 11.3 Å². The first-order chi connectivity index (χ1) is 9.11. The Balaban J connectivity index is 2.24. The summed E-state index contributed by atoms with van der Waals surface area (Å²) < 4.78 is 9.60. The first-order valence-corrected chi connectivity index (χ1v) is 5.52. The molecule has 98 valence electrons. The van der Waals surface area contributed by atoms with E-state index in [0.29, 0.717) is 11.6 Å². The SMILES string of the molecule is COC(=O)c1ccccc1NC(=O)c1coc(C)n1. The molecule has 0 radical (unpaired) electrons. The van der Waals surface area contributed by atoms with Crippen molar-refractivity contribution in [2.75, 3.05) is 12.4 Å². The zero-order chi connectivity index (χ0) is 13.8. The van der Waals surface area contributed by atoms with Crippen LogP contribution in [0.5, 0.6) is 0 Å². The Bertz CT molecular complexity index is 619. The monoisotopic (exact) mass is 260 g/mol.